The van der Waals surface area contributed by atoms with Gasteiger partial charge in [0.15, 0.2) is 0 Å². The van der Waals surface area contributed by atoms with Crippen LogP contribution in [-0.2, 0) is 10.9 Å². The first kappa shape index (κ1) is 13.3. The van der Waals surface area contributed by atoms with Gasteiger partial charge in [0.1, 0.15) is 10.9 Å². The van der Waals surface area contributed by atoms with Crippen molar-refractivity contribution < 1.29 is 17.9 Å². The molecule has 0 aliphatic carbocycles. The molecule has 7 heteroatoms. The number of halogens is 3. The van der Waals surface area contributed by atoms with E-state index in [-0.39, 0.29) is 0 Å². The number of morpholine rings is 1. The first-order chi connectivity index (χ1) is 8.52. The van der Waals surface area contributed by atoms with Gasteiger partial charge in [-0.3, -0.25) is 4.90 Å². The second-order valence-corrected chi connectivity index (χ2v) is 4.83. The normalized spacial score (nSPS) is 19.4. The molecular formula is C11H11F3N2OS. The lowest BCUT2D eigenvalue weighted by Gasteiger charge is -2.30. The molecule has 0 N–H and O–H groups in total. The molecule has 0 amide bonds. The summed E-state index contributed by atoms with van der Waals surface area (Å²) in [5.74, 6) is 0. The Morgan fingerprint density at radius 1 is 1.39 bits per heavy atom. The van der Waals surface area contributed by atoms with E-state index in [1.807, 2.05) is 4.90 Å². The fourth-order valence-corrected chi connectivity index (χ4v) is 2.64. The average molecular weight is 276 g/mol. The van der Waals surface area contributed by atoms with E-state index < -0.39 is 17.1 Å². The Balaban J connectivity index is 2.18. The number of thiophene rings is 1. The summed E-state index contributed by atoms with van der Waals surface area (Å²) in [6.45, 7) is 2.15. The van der Waals surface area contributed by atoms with Crippen LogP contribution in [0.15, 0.2) is 11.4 Å². The minimum atomic E-state index is -4.34. The number of hydrogen-bond acceptors (Lipinski definition) is 4. The smallest absolute Gasteiger partial charge is 0.379 e. The molecular weight excluding hydrogens is 265 g/mol. The first-order valence-electron chi connectivity index (χ1n) is 5.39. The van der Waals surface area contributed by atoms with Crippen LogP contribution < -0.4 is 0 Å². The lowest BCUT2D eigenvalue weighted by molar-refractivity contribution is -0.134. The molecule has 1 unspecified atom stereocenters. The third kappa shape index (κ3) is 2.83. The van der Waals surface area contributed by atoms with E-state index in [9.17, 15) is 13.2 Å². The number of nitrogens with zero attached hydrogens (tertiary/aromatic N) is 2. The number of alkyl halides is 3. The van der Waals surface area contributed by atoms with E-state index in [2.05, 4.69) is 6.07 Å². The van der Waals surface area contributed by atoms with E-state index in [1.165, 1.54) is 5.38 Å². The van der Waals surface area contributed by atoms with Crippen LogP contribution in [0.1, 0.15) is 16.5 Å². The summed E-state index contributed by atoms with van der Waals surface area (Å²) >= 11 is 0.630. The summed E-state index contributed by atoms with van der Waals surface area (Å²) in [5.41, 5.74) is 0.414. The number of nitriles is 1. The molecule has 1 aromatic rings. The molecule has 18 heavy (non-hydrogen) atoms. The van der Waals surface area contributed by atoms with E-state index in [0.717, 1.165) is 6.07 Å². The van der Waals surface area contributed by atoms with Crippen LogP contribution >= 0.6 is 11.3 Å². The van der Waals surface area contributed by atoms with Crippen molar-refractivity contribution in [2.45, 2.75) is 12.2 Å². The maximum atomic E-state index is 12.5. The molecule has 2 heterocycles. The molecule has 2 rings (SSSR count). The van der Waals surface area contributed by atoms with Crippen LogP contribution in [0.25, 0.3) is 0 Å². The molecule has 1 aliphatic heterocycles. The van der Waals surface area contributed by atoms with Crippen LogP contribution in [-0.4, -0.2) is 31.2 Å². The monoisotopic (exact) mass is 276 g/mol. The molecule has 0 spiro atoms. The highest BCUT2D eigenvalue weighted by Gasteiger charge is 2.34. The zero-order valence-corrected chi connectivity index (χ0v) is 10.2. The minimum absolute atomic E-state index is 0.414. The predicted octanol–water partition coefficient (Wildman–Crippen LogP) is 2.66. The van der Waals surface area contributed by atoms with Gasteiger partial charge in [0, 0.05) is 13.1 Å². The molecule has 1 fully saturated rings. The Morgan fingerprint density at radius 3 is 2.56 bits per heavy atom. The molecule has 98 valence electrons. The Bertz CT molecular complexity index is 446. The second-order valence-electron chi connectivity index (χ2n) is 3.92. The van der Waals surface area contributed by atoms with Gasteiger partial charge in [0.05, 0.1) is 19.3 Å². The molecule has 1 saturated heterocycles. The lowest BCUT2D eigenvalue weighted by Crippen LogP contribution is -2.38. The summed E-state index contributed by atoms with van der Waals surface area (Å²) in [5, 5.41) is 10.5. The van der Waals surface area contributed by atoms with Crippen LogP contribution in [0.5, 0.6) is 0 Å². The SMILES string of the molecule is N#CC(c1csc(C(F)(F)F)c1)N1CCOCC1. The van der Waals surface area contributed by atoms with Crippen molar-refractivity contribution >= 4 is 11.3 Å². The summed E-state index contributed by atoms with van der Waals surface area (Å²) in [7, 11) is 0. The van der Waals surface area contributed by atoms with E-state index >= 15 is 0 Å². The van der Waals surface area contributed by atoms with E-state index in [1.54, 1.807) is 0 Å². The highest BCUT2D eigenvalue weighted by atomic mass is 32.1. The highest BCUT2D eigenvalue weighted by Crippen LogP contribution is 2.36. The molecule has 0 bridgehead atoms. The van der Waals surface area contributed by atoms with Crippen molar-refractivity contribution in [1.82, 2.24) is 4.90 Å². The third-order valence-corrected chi connectivity index (χ3v) is 3.74. The Kier molecular flexibility index (Phi) is 3.90. The van der Waals surface area contributed by atoms with Crippen molar-refractivity contribution in [3.05, 3.63) is 21.9 Å². The van der Waals surface area contributed by atoms with Gasteiger partial charge in [0.25, 0.3) is 0 Å². The molecule has 1 aromatic heterocycles. The van der Waals surface area contributed by atoms with Crippen molar-refractivity contribution in [2.24, 2.45) is 0 Å². The van der Waals surface area contributed by atoms with Gasteiger partial charge in [-0.1, -0.05) is 0 Å². The summed E-state index contributed by atoms with van der Waals surface area (Å²) in [6, 6.07) is 2.50. The highest BCUT2D eigenvalue weighted by molar-refractivity contribution is 7.10. The van der Waals surface area contributed by atoms with Crippen LogP contribution in [0.3, 0.4) is 0 Å². The van der Waals surface area contributed by atoms with Crippen molar-refractivity contribution in [3.63, 3.8) is 0 Å². The predicted molar refractivity (Wildman–Crippen MR) is 60.1 cm³/mol. The Morgan fingerprint density at radius 2 is 2.06 bits per heavy atom. The molecule has 0 saturated carbocycles. The molecule has 1 aliphatic rings. The lowest BCUT2D eigenvalue weighted by atomic mass is 10.1. The maximum absolute atomic E-state index is 12.5. The van der Waals surface area contributed by atoms with Crippen molar-refractivity contribution in [3.8, 4) is 6.07 Å². The number of hydrogen-bond donors (Lipinski definition) is 0. The molecule has 0 aromatic carbocycles. The zero-order valence-electron chi connectivity index (χ0n) is 9.41. The quantitative estimate of drug-likeness (QED) is 0.833. The summed E-state index contributed by atoms with van der Waals surface area (Å²) < 4.78 is 42.7. The van der Waals surface area contributed by atoms with E-state index in [4.69, 9.17) is 10.00 Å². The fraction of sp³-hybridized carbons (Fsp3) is 0.545. The van der Waals surface area contributed by atoms with Crippen LogP contribution in [0.4, 0.5) is 13.2 Å². The zero-order chi connectivity index (χ0) is 13.2. The average Bonchev–Trinajstić information content (AvgIpc) is 2.81. The first-order valence-corrected chi connectivity index (χ1v) is 6.27. The van der Waals surface area contributed by atoms with Crippen LogP contribution in [0, 0.1) is 11.3 Å². The van der Waals surface area contributed by atoms with Gasteiger partial charge >= 0.3 is 6.18 Å². The van der Waals surface area contributed by atoms with Gasteiger partial charge in [-0.25, -0.2) is 0 Å². The number of rotatable bonds is 2. The Hall–Kier alpha value is -1.10. The topological polar surface area (TPSA) is 36.3 Å². The fourth-order valence-electron chi connectivity index (χ4n) is 1.85. The van der Waals surface area contributed by atoms with Gasteiger partial charge in [0.2, 0.25) is 0 Å². The maximum Gasteiger partial charge on any atom is 0.425 e. The molecule has 3 nitrogen and oxygen atoms in total. The molecule has 1 atom stereocenters. The van der Waals surface area contributed by atoms with E-state index in [0.29, 0.717) is 43.2 Å². The van der Waals surface area contributed by atoms with Crippen molar-refractivity contribution in [2.75, 3.05) is 26.3 Å². The largest absolute Gasteiger partial charge is 0.425 e. The third-order valence-electron chi connectivity index (χ3n) is 2.75. The Labute approximate surface area is 106 Å². The second kappa shape index (κ2) is 5.26. The molecule has 0 radical (unpaired) electrons. The van der Waals surface area contributed by atoms with Crippen LogP contribution in [0.2, 0.25) is 0 Å². The summed E-state index contributed by atoms with van der Waals surface area (Å²) in [6.07, 6.45) is -4.34. The van der Waals surface area contributed by atoms with Gasteiger partial charge < -0.3 is 4.74 Å². The van der Waals surface area contributed by atoms with Gasteiger partial charge in [-0.2, -0.15) is 18.4 Å². The van der Waals surface area contributed by atoms with Gasteiger partial charge in [-0.15, -0.1) is 11.3 Å². The summed E-state index contributed by atoms with van der Waals surface area (Å²) in [4.78, 5) is 1.18. The van der Waals surface area contributed by atoms with Crippen molar-refractivity contribution in [1.29, 1.82) is 5.26 Å². The van der Waals surface area contributed by atoms with Gasteiger partial charge in [-0.05, 0) is 17.0 Å². The standard InChI is InChI=1S/C11H11F3N2OS/c12-11(13,14)10-5-8(7-18-10)9(6-15)16-1-3-17-4-2-16/h5,7,9H,1-4H2. The minimum Gasteiger partial charge on any atom is -0.379 e. The number of ether oxygens (including phenoxy) is 1.